The maximum Gasteiger partial charge on any atom is 0.397 e. The number of benzene rings is 2. The zero-order valence-corrected chi connectivity index (χ0v) is 17.6. The highest BCUT2D eigenvalue weighted by molar-refractivity contribution is 6.30. The number of rotatable bonds is 5. The number of hydrogen-bond acceptors (Lipinski definition) is 4. The lowest BCUT2D eigenvalue weighted by Gasteiger charge is -2.36. The van der Waals surface area contributed by atoms with E-state index in [2.05, 4.69) is 10.1 Å². The summed E-state index contributed by atoms with van der Waals surface area (Å²) >= 11 is 5.86. The van der Waals surface area contributed by atoms with Crippen LogP contribution in [0.4, 0.5) is 13.2 Å². The van der Waals surface area contributed by atoms with Gasteiger partial charge in [0.15, 0.2) is 5.78 Å². The second kappa shape index (κ2) is 8.85. The molecule has 4 atom stereocenters. The highest BCUT2D eigenvalue weighted by Crippen LogP contribution is 2.53. The lowest BCUT2D eigenvalue weighted by Crippen LogP contribution is -2.53. The van der Waals surface area contributed by atoms with E-state index in [0.29, 0.717) is 5.02 Å². The molecule has 0 spiro atoms. The number of carbonyl (C=O) groups excluding carboxylic acids is 2. The van der Waals surface area contributed by atoms with Crippen molar-refractivity contribution in [1.82, 2.24) is 5.32 Å². The van der Waals surface area contributed by atoms with Gasteiger partial charge in [-0.05, 0) is 36.8 Å². The van der Waals surface area contributed by atoms with Crippen LogP contribution in [-0.2, 0) is 9.53 Å². The van der Waals surface area contributed by atoms with Crippen LogP contribution >= 0.6 is 11.6 Å². The van der Waals surface area contributed by atoms with Crippen LogP contribution in [0.1, 0.15) is 22.8 Å². The maximum atomic E-state index is 14.4. The SMILES string of the molecule is COC(=O)[C@H]1N[C@@H](/C=C/c2ccccc2)[C@H](C(=O)c2ccc(Cl)cc2)[C@@]1(C)C(F)(F)F. The van der Waals surface area contributed by atoms with Gasteiger partial charge in [-0.3, -0.25) is 14.9 Å². The fraction of sp³-hybridized carbons (Fsp3) is 0.304. The number of alkyl halides is 3. The Labute approximate surface area is 183 Å². The summed E-state index contributed by atoms with van der Waals surface area (Å²) in [5, 5.41) is 3.05. The molecule has 31 heavy (non-hydrogen) atoms. The van der Waals surface area contributed by atoms with Crippen LogP contribution in [0.15, 0.2) is 60.7 Å². The Bertz CT molecular complexity index is 976. The highest BCUT2D eigenvalue weighted by atomic mass is 35.5. The molecule has 3 rings (SSSR count). The summed E-state index contributed by atoms with van der Waals surface area (Å²) in [6.45, 7) is 0.885. The Morgan fingerprint density at radius 1 is 1.10 bits per heavy atom. The Morgan fingerprint density at radius 3 is 2.26 bits per heavy atom. The molecular weight excluding hydrogens is 431 g/mol. The highest BCUT2D eigenvalue weighted by Gasteiger charge is 2.69. The summed E-state index contributed by atoms with van der Waals surface area (Å²) in [4.78, 5) is 25.6. The largest absolute Gasteiger partial charge is 0.468 e. The minimum absolute atomic E-state index is 0.0790. The molecule has 1 aliphatic rings. The van der Waals surface area contributed by atoms with E-state index < -0.39 is 41.3 Å². The Hall–Kier alpha value is -2.64. The summed E-state index contributed by atoms with van der Waals surface area (Å²) < 4.78 is 47.8. The van der Waals surface area contributed by atoms with E-state index in [9.17, 15) is 22.8 Å². The van der Waals surface area contributed by atoms with E-state index in [0.717, 1.165) is 19.6 Å². The number of halogens is 4. The summed E-state index contributed by atoms with van der Waals surface area (Å²) in [6.07, 6.45) is -1.75. The van der Waals surface area contributed by atoms with Gasteiger partial charge in [0.25, 0.3) is 0 Å². The molecule has 0 amide bonds. The van der Waals surface area contributed by atoms with Gasteiger partial charge in [-0.2, -0.15) is 13.2 Å². The third-order valence-electron chi connectivity index (χ3n) is 5.72. The van der Waals surface area contributed by atoms with Crippen molar-refractivity contribution in [1.29, 1.82) is 0 Å². The van der Waals surface area contributed by atoms with Crippen LogP contribution in [0.25, 0.3) is 6.08 Å². The standard InChI is InChI=1S/C23H21ClF3NO3/c1-22(23(25,26)27)18(19(29)15-9-11-16(24)12-10-15)17(28-20(22)21(30)31-2)13-8-14-6-4-3-5-7-14/h3-13,17-18,20,28H,1-2H3/b13-8+/t17-,18+,20+,22+/m0/s1. The number of nitrogens with one attached hydrogen (secondary N) is 1. The minimum Gasteiger partial charge on any atom is -0.468 e. The number of carbonyl (C=O) groups is 2. The molecule has 1 fully saturated rings. The predicted octanol–water partition coefficient (Wildman–Crippen LogP) is 4.93. The topological polar surface area (TPSA) is 55.4 Å². The van der Waals surface area contributed by atoms with Crippen molar-refractivity contribution >= 4 is 29.4 Å². The molecule has 1 heterocycles. The zero-order chi connectivity index (χ0) is 22.8. The van der Waals surface area contributed by atoms with Crippen LogP contribution in [0.5, 0.6) is 0 Å². The van der Waals surface area contributed by atoms with Gasteiger partial charge in [0.2, 0.25) is 0 Å². The quantitative estimate of drug-likeness (QED) is 0.517. The van der Waals surface area contributed by atoms with Gasteiger partial charge in [-0.1, -0.05) is 54.1 Å². The minimum atomic E-state index is -4.86. The molecule has 8 heteroatoms. The van der Waals surface area contributed by atoms with E-state index in [1.807, 2.05) is 6.07 Å². The zero-order valence-electron chi connectivity index (χ0n) is 16.8. The van der Waals surface area contributed by atoms with Gasteiger partial charge in [-0.25, -0.2) is 0 Å². The van der Waals surface area contributed by atoms with E-state index in [-0.39, 0.29) is 5.56 Å². The van der Waals surface area contributed by atoms with Crippen molar-refractivity contribution in [2.45, 2.75) is 25.2 Å². The molecule has 0 aliphatic carbocycles. The second-order valence-electron chi connectivity index (χ2n) is 7.55. The van der Waals surface area contributed by atoms with Gasteiger partial charge in [0, 0.05) is 16.6 Å². The molecule has 1 aliphatic heterocycles. The lowest BCUT2D eigenvalue weighted by atomic mass is 9.69. The summed E-state index contributed by atoms with van der Waals surface area (Å²) in [7, 11) is 1.02. The first-order valence-electron chi connectivity index (χ1n) is 9.53. The van der Waals surface area contributed by atoms with Gasteiger partial charge >= 0.3 is 12.1 Å². The lowest BCUT2D eigenvalue weighted by molar-refractivity contribution is -0.232. The van der Waals surface area contributed by atoms with Crippen molar-refractivity contribution < 1.29 is 27.5 Å². The molecule has 0 bridgehead atoms. The predicted molar refractivity (Wildman–Crippen MR) is 112 cm³/mol. The molecule has 0 radical (unpaired) electrons. The van der Waals surface area contributed by atoms with Gasteiger partial charge in [0.05, 0.1) is 13.0 Å². The monoisotopic (exact) mass is 451 g/mol. The Balaban J connectivity index is 2.11. The average Bonchev–Trinajstić information content (AvgIpc) is 3.06. The van der Waals surface area contributed by atoms with Crippen LogP contribution in [0.2, 0.25) is 5.02 Å². The smallest absolute Gasteiger partial charge is 0.397 e. The van der Waals surface area contributed by atoms with Gasteiger partial charge in [-0.15, -0.1) is 0 Å². The number of Topliss-reactive ketones (excluding diaryl/α,β-unsaturated/α-hetero) is 1. The van der Waals surface area contributed by atoms with E-state index in [4.69, 9.17) is 11.6 Å². The van der Waals surface area contributed by atoms with Crippen molar-refractivity contribution in [3.8, 4) is 0 Å². The normalized spacial score (nSPS) is 26.2. The first-order valence-corrected chi connectivity index (χ1v) is 9.91. The molecular formula is C23H21ClF3NO3. The van der Waals surface area contributed by atoms with E-state index in [1.54, 1.807) is 30.3 Å². The summed E-state index contributed by atoms with van der Waals surface area (Å²) in [6, 6.07) is 11.8. The maximum absolute atomic E-state index is 14.4. The van der Waals surface area contributed by atoms with Gasteiger partial charge in [0.1, 0.15) is 11.5 Å². The van der Waals surface area contributed by atoms with Crippen LogP contribution in [0, 0.1) is 11.3 Å². The number of esters is 1. The summed E-state index contributed by atoms with van der Waals surface area (Å²) in [5.74, 6) is -3.42. The van der Waals surface area contributed by atoms with Crippen LogP contribution in [-0.4, -0.2) is 37.1 Å². The van der Waals surface area contributed by atoms with E-state index >= 15 is 0 Å². The number of hydrogen-bond donors (Lipinski definition) is 1. The first kappa shape index (κ1) is 23.0. The fourth-order valence-electron chi connectivity index (χ4n) is 3.96. The third-order valence-corrected chi connectivity index (χ3v) is 5.97. The number of ketones is 1. The van der Waals surface area contributed by atoms with Crippen LogP contribution < -0.4 is 5.32 Å². The molecule has 0 unspecified atom stereocenters. The van der Waals surface area contributed by atoms with Gasteiger partial charge < -0.3 is 4.74 Å². The average molecular weight is 452 g/mol. The number of methoxy groups -OCH3 is 1. The molecule has 1 N–H and O–H groups in total. The third kappa shape index (κ3) is 4.38. The number of ether oxygens (including phenoxy) is 1. The Kier molecular flexibility index (Phi) is 6.57. The second-order valence-corrected chi connectivity index (χ2v) is 7.98. The van der Waals surface area contributed by atoms with Crippen LogP contribution in [0.3, 0.4) is 0 Å². The van der Waals surface area contributed by atoms with Crippen molar-refractivity contribution in [3.63, 3.8) is 0 Å². The fourth-order valence-corrected chi connectivity index (χ4v) is 4.09. The van der Waals surface area contributed by atoms with Crippen molar-refractivity contribution in [2.75, 3.05) is 7.11 Å². The molecule has 164 valence electrons. The molecule has 2 aromatic rings. The molecule has 1 saturated heterocycles. The molecule has 0 saturated carbocycles. The van der Waals surface area contributed by atoms with Crippen molar-refractivity contribution in [2.24, 2.45) is 11.3 Å². The first-order chi connectivity index (χ1) is 14.6. The molecule has 2 aromatic carbocycles. The Morgan fingerprint density at radius 2 is 1.71 bits per heavy atom. The van der Waals surface area contributed by atoms with Crippen molar-refractivity contribution in [3.05, 3.63) is 76.8 Å². The molecule has 4 nitrogen and oxygen atoms in total. The van der Waals surface area contributed by atoms with E-state index in [1.165, 1.54) is 30.3 Å². The molecule has 0 aromatic heterocycles. The summed E-state index contributed by atoms with van der Waals surface area (Å²) in [5.41, 5.74) is -1.87.